The summed E-state index contributed by atoms with van der Waals surface area (Å²) in [7, 11) is 1.75. The van der Waals surface area contributed by atoms with Gasteiger partial charge in [-0.1, -0.05) is 29.8 Å². The lowest BCUT2D eigenvalue weighted by molar-refractivity contribution is -0.116. The summed E-state index contributed by atoms with van der Waals surface area (Å²) in [5.41, 5.74) is 2.13. The summed E-state index contributed by atoms with van der Waals surface area (Å²) in [6.45, 7) is 2.03. The summed E-state index contributed by atoms with van der Waals surface area (Å²) in [4.78, 5) is 24.7. The van der Waals surface area contributed by atoms with Gasteiger partial charge in [-0.2, -0.15) is 5.10 Å². The molecular weight excluding hydrogens is 410 g/mol. The van der Waals surface area contributed by atoms with E-state index in [4.69, 9.17) is 23.8 Å². The lowest BCUT2D eigenvalue weighted by atomic mass is 10.1. The molecule has 0 radical (unpaired) electrons. The number of aryl methyl sites for hydroxylation is 1. The van der Waals surface area contributed by atoms with Crippen LogP contribution in [0.4, 0.5) is 5.69 Å². The molecule has 9 heteroatoms. The molecule has 3 rings (SSSR count). The number of hydrogen-bond donors (Lipinski definition) is 2. The van der Waals surface area contributed by atoms with Crippen LogP contribution in [0.2, 0.25) is 5.02 Å². The lowest BCUT2D eigenvalue weighted by Gasteiger charge is -2.07. The fraction of sp³-hybridized carbons (Fsp3) is 0.200. The van der Waals surface area contributed by atoms with E-state index in [-0.39, 0.29) is 24.9 Å². The third-order valence-corrected chi connectivity index (χ3v) is 5.09. The molecule has 3 aromatic rings. The summed E-state index contributed by atoms with van der Waals surface area (Å²) in [6, 6.07) is 14.2. The van der Waals surface area contributed by atoms with Gasteiger partial charge in [0.2, 0.25) is 5.91 Å². The second-order valence-corrected chi connectivity index (χ2v) is 7.27. The van der Waals surface area contributed by atoms with Gasteiger partial charge in [-0.05, 0) is 55.0 Å². The maximum Gasteiger partial charge on any atom is 0.251 e. The molecule has 0 spiro atoms. The van der Waals surface area contributed by atoms with E-state index in [1.165, 1.54) is 4.68 Å². The van der Waals surface area contributed by atoms with Crippen LogP contribution in [0.15, 0.2) is 48.5 Å². The predicted octanol–water partition coefficient (Wildman–Crippen LogP) is 3.48. The highest BCUT2D eigenvalue weighted by atomic mass is 35.5. The smallest absolute Gasteiger partial charge is 0.251 e. The minimum absolute atomic E-state index is 0.0406. The molecule has 2 amide bonds. The van der Waals surface area contributed by atoms with Crippen LogP contribution in [-0.4, -0.2) is 26.2 Å². The van der Waals surface area contributed by atoms with Crippen LogP contribution < -0.4 is 10.6 Å². The van der Waals surface area contributed by atoms with E-state index in [0.29, 0.717) is 26.9 Å². The van der Waals surface area contributed by atoms with E-state index in [1.54, 1.807) is 41.9 Å². The number of halogens is 1. The number of aromatic nitrogens is 3. The van der Waals surface area contributed by atoms with Crippen LogP contribution >= 0.6 is 23.8 Å². The van der Waals surface area contributed by atoms with Gasteiger partial charge < -0.3 is 15.2 Å². The van der Waals surface area contributed by atoms with E-state index in [0.717, 1.165) is 5.56 Å². The molecule has 0 saturated carbocycles. The molecule has 0 aliphatic carbocycles. The lowest BCUT2D eigenvalue weighted by Crippen LogP contribution is -2.25. The molecule has 150 valence electrons. The van der Waals surface area contributed by atoms with Crippen molar-refractivity contribution in [1.29, 1.82) is 0 Å². The zero-order valence-electron chi connectivity index (χ0n) is 16.0. The first-order valence-electron chi connectivity index (χ1n) is 8.87. The molecule has 7 nitrogen and oxygen atoms in total. The third kappa shape index (κ3) is 5.10. The maximum atomic E-state index is 12.4. The number of benzene rings is 2. The highest BCUT2D eigenvalue weighted by Gasteiger charge is 2.13. The molecular formula is C20H20ClN5O2S. The van der Waals surface area contributed by atoms with Crippen LogP contribution in [0.3, 0.4) is 0 Å². The van der Waals surface area contributed by atoms with Crippen molar-refractivity contribution in [3.63, 3.8) is 0 Å². The third-order valence-electron chi connectivity index (χ3n) is 4.35. The molecule has 1 aromatic heterocycles. The summed E-state index contributed by atoms with van der Waals surface area (Å²) < 4.78 is 3.48. The molecule has 2 aromatic carbocycles. The van der Waals surface area contributed by atoms with Crippen LogP contribution in [0, 0.1) is 11.7 Å². The van der Waals surface area contributed by atoms with Crippen LogP contribution in [0.1, 0.15) is 21.7 Å². The summed E-state index contributed by atoms with van der Waals surface area (Å²) in [5, 5.41) is 10.6. The van der Waals surface area contributed by atoms with Gasteiger partial charge in [0.25, 0.3) is 5.91 Å². The Bertz CT molecular complexity index is 1100. The predicted molar refractivity (Wildman–Crippen MR) is 114 cm³/mol. The van der Waals surface area contributed by atoms with E-state index < -0.39 is 0 Å². The minimum atomic E-state index is -0.267. The molecule has 0 aliphatic rings. The second kappa shape index (κ2) is 9.02. The van der Waals surface area contributed by atoms with Crippen LogP contribution in [0.5, 0.6) is 0 Å². The van der Waals surface area contributed by atoms with Gasteiger partial charge in [0.05, 0.1) is 6.54 Å². The van der Waals surface area contributed by atoms with Crippen LogP contribution in [0.25, 0.3) is 0 Å². The topological polar surface area (TPSA) is 80.9 Å². The van der Waals surface area contributed by atoms with Crippen molar-refractivity contribution in [3.05, 3.63) is 75.3 Å². The van der Waals surface area contributed by atoms with Crippen molar-refractivity contribution >= 4 is 41.3 Å². The van der Waals surface area contributed by atoms with Gasteiger partial charge in [0.15, 0.2) is 10.6 Å². The number of nitrogens with one attached hydrogen (secondary N) is 2. The Hall–Kier alpha value is -2.97. The summed E-state index contributed by atoms with van der Waals surface area (Å²) >= 11 is 11.2. The first kappa shape index (κ1) is 20.8. The zero-order chi connectivity index (χ0) is 21.0. The molecule has 0 bridgehead atoms. The van der Waals surface area contributed by atoms with Crippen LogP contribution in [-0.2, 0) is 24.9 Å². The Morgan fingerprint density at radius 2 is 1.83 bits per heavy atom. The molecule has 0 atom stereocenters. The molecule has 0 saturated heterocycles. The summed E-state index contributed by atoms with van der Waals surface area (Å²) in [5.74, 6) is 0.0947. The molecule has 1 heterocycles. The normalized spacial score (nSPS) is 10.6. The van der Waals surface area contributed by atoms with Crippen molar-refractivity contribution in [2.75, 3.05) is 5.32 Å². The Morgan fingerprint density at radius 1 is 1.14 bits per heavy atom. The highest BCUT2D eigenvalue weighted by molar-refractivity contribution is 7.71. The SMILES string of the molecule is Cc1ccccc1C(=O)NCc1nn(CC(=O)Nc2ccc(Cl)cc2)c(=S)n1C. The zero-order valence-corrected chi connectivity index (χ0v) is 17.5. The van der Waals surface area contributed by atoms with E-state index >= 15 is 0 Å². The monoisotopic (exact) mass is 429 g/mol. The van der Waals surface area contributed by atoms with Gasteiger partial charge in [0.1, 0.15) is 6.54 Å². The molecule has 0 fully saturated rings. The maximum absolute atomic E-state index is 12.4. The standard InChI is InChI=1S/C20H20ClN5O2S/c1-13-5-3-4-6-16(13)19(28)22-11-17-24-26(20(29)25(17)2)12-18(27)23-15-9-7-14(21)8-10-15/h3-10H,11-12H2,1-2H3,(H,22,28)(H,23,27). The van der Waals surface area contributed by atoms with E-state index in [1.807, 2.05) is 25.1 Å². The molecule has 0 aliphatic heterocycles. The Labute approximate surface area is 178 Å². The number of carbonyl (C=O) groups excluding carboxylic acids is 2. The first-order valence-corrected chi connectivity index (χ1v) is 9.65. The molecule has 0 unspecified atom stereocenters. The van der Waals surface area contributed by atoms with Gasteiger partial charge in [-0.25, -0.2) is 4.68 Å². The Balaban J connectivity index is 1.65. The average Bonchev–Trinajstić information content (AvgIpc) is 2.96. The minimum Gasteiger partial charge on any atom is -0.345 e. The number of nitrogens with zero attached hydrogens (tertiary/aromatic N) is 3. The van der Waals surface area contributed by atoms with E-state index in [9.17, 15) is 9.59 Å². The van der Waals surface area contributed by atoms with Gasteiger partial charge in [-0.3, -0.25) is 9.59 Å². The van der Waals surface area contributed by atoms with Crippen molar-refractivity contribution in [3.8, 4) is 0 Å². The highest BCUT2D eigenvalue weighted by Crippen LogP contribution is 2.13. The van der Waals surface area contributed by atoms with Gasteiger partial charge in [-0.15, -0.1) is 0 Å². The summed E-state index contributed by atoms with van der Waals surface area (Å²) in [6.07, 6.45) is 0. The first-order chi connectivity index (χ1) is 13.8. The number of anilines is 1. The quantitative estimate of drug-likeness (QED) is 0.588. The number of rotatable bonds is 6. The Morgan fingerprint density at radius 3 is 2.52 bits per heavy atom. The van der Waals surface area contributed by atoms with Gasteiger partial charge in [0, 0.05) is 23.3 Å². The fourth-order valence-corrected chi connectivity index (χ4v) is 3.08. The van der Waals surface area contributed by atoms with Crippen molar-refractivity contribution < 1.29 is 9.59 Å². The second-order valence-electron chi connectivity index (χ2n) is 6.47. The number of carbonyl (C=O) groups is 2. The van der Waals surface area contributed by atoms with E-state index in [2.05, 4.69) is 15.7 Å². The van der Waals surface area contributed by atoms with Crippen molar-refractivity contribution in [2.24, 2.45) is 7.05 Å². The Kier molecular flexibility index (Phi) is 6.46. The molecule has 2 N–H and O–H groups in total. The largest absolute Gasteiger partial charge is 0.345 e. The fourth-order valence-electron chi connectivity index (χ4n) is 2.74. The number of hydrogen-bond acceptors (Lipinski definition) is 4. The number of amides is 2. The van der Waals surface area contributed by atoms with Crippen molar-refractivity contribution in [1.82, 2.24) is 19.7 Å². The molecule has 29 heavy (non-hydrogen) atoms. The van der Waals surface area contributed by atoms with Gasteiger partial charge >= 0.3 is 0 Å². The average molecular weight is 430 g/mol. The van der Waals surface area contributed by atoms with Crippen molar-refractivity contribution in [2.45, 2.75) is 20.0 Å².